The van der Waals surface area contributed by atoms with Crippen molar-refractivity contribution in [1.29, 1.82) is 0 Å². The predicted molar refractivity (Wildman–Crippen MR) is 53.9 cm³/mol. The molecule has 0 amide bonds. The van der Waals surface area contributed by atoms with Crippen LogP contribution in [-0.2, 0) is 4.79 Å². The number of ketones is 1. The molecule has 0 aliphatic heterocycles. The van der Waals surface area contributed by atoms with E-state index in [4.69, 9.17) is 17.3 Å². The fourth-order valence-corrected chi connectivity index (χ4v) is 1.38. The average molecular weight is 216 g/mol. The number of hydrogen-bond acceptors (Lipinski definition) is 2. The second kappa shape index (κ2) is 4.53. The van der Waals surface area contributed by atoms with E-state index in [9.17, 15) is 9.18 Å². The van der Waals surface area contributed by atoms with E-state index in [1.165, 1.54) is 19.1 Å². The third kappa shape index (κ3) is 2.30. The van der Waals surface area contributed by atoms with E-state index in [0.29, 0.717) is 5.56 Å². The van der Waals surface area contributed by atoms with Gasteiger partial charge in [-0.15, -0.1) is 0 Å². The number of carbonyl (C=O) groups excluding carboxylic acids is 1. The maximum absolute atomic E-state index is 13.1. The highest BCUT2D eigenvalue weighted by Crippen LogP contribution is 2.21. The molecular formula is C10H11ClFNO. The summed E-state index contributed by atoms with van der Waals surface area (Å²) in [6.07, 6.45) is 0. The molecule has 0 spiro atoms. The number of rotatable bonds is 3. The van der Waals surface area contributed by atoms with Crippen molar-refractivity contribution < 1.29 is 9.18 Å². The molecule has 0 heterocycles. The molecule has 1 atom stereocenters. The maximum atomic E-state index is 13.1. The maximum Gasteiger partial charge on any atom is 0.142 e. The third-order valence-electron chi connectivity index (χ3n) is 2.07. The molecule has 0 fully saturated rings. The summed E-state index contributed by atoms with van der Waals surface area (Å²) < 4.78 is 13.1. The SMILES string of the molecule is CC(=O)C(CN)c1ccc(Cl)c(F)c1. The van der Waals surface area contributed by atoms with Crippen LogP contribution in [0.25, 0.3) is 0 Å². The minimum atomic E-state index is -0.524. The van der Waals surface area contributed by atoms with E-state index in [-0.39, 0.29) is 17.4 Å². The summed E-state index contributed by atoms with van der Waals surface area (Å²) in [6, 6.07) is 4.30. The Morgan fingerprint density at radius 3 is 2.71 bits per heavy atom. The summed E-state index contributed by atoms with van der Waals surface area (Å²) in [5.41, 5.74) is 5.99. The number of halogens is 2. The number of hydrogen-bond donors (Lipinski definition) is 1. The Bertz CT molecular complexity index is 354. The van der Waals surface area contributed by atoms with Gasteiger partial charge in [-0.1, -0.05) is 17.7 Å². The quantitative estimate of drug-likeness (QED) is 0.839. The molecule has 0 saturated carbocycles. The Morgan fingerprint density at radius 1 is 1.64 bits per heavy atom. The Hall–Kier alpha value is -0.930. The lowest BCUT2D eigenvalue weighted by Gasteiger charge is -2.11. The summed E-state index contributed by atoms with van der Waals surface area (Å²) in [6.45, 7) is 1.61. The van der Waals surface area contributed by atoms with Crippen LogP contribution >= 0.6 is 11.6 Å². The molecule has 2 N–H and O–H groups in total. The topological polar surface area (TPSA) is 43.1 Å². The molecule has 4 heteroatoms. The van der Waals surface area contributed by atoms with Crippen molar-refractivity contribution >= 4 is 17.4 Å². The van der Waals surface area contributed by atoms with Gasteiger partial charge < -0.3 is 5.73 Å². The zero-order valence-corrected chi connectivity index (χ0v) is 8.51. The Labute approximate surface area is 86.9 Å². The first kappa shape index (κ1) is 11.1. The molecule has 2 nitrogen and oxygen atoms in total. The van der Waals surface area contributed by atoms with E-state index in [2.05, 4.69) is 0 Å². The monoisotopic (exact) mass is 215 g/mol. The molecule has 1 aromatic carbocycles. The number of nitrogens with two attached hydrogens (primary N) is 1. The van der Waals surface area contributed by atoms with Gasteiger partial charge in [-0.2, -0.15) is 0 Å². The normalized spacial score (nSPS) is 12.6. The van der Waals surface area contributed by atoms with Crippen LogP contribution in [0.1, 0.15) is 18.4 Å². The summed E-state index contributed by atoms with van der Waals surface area (Å²) in [7, 11) is 0. The summed E-state index contributed by atoms with van der Waals surface area (Å²) in [4.78, 5) is 11.1. The third-order valence-corrected chi connectivity index (χ3v) is 2.38. The second-order valence-electron chi connectivity index (χ2n) is 3.07. The van der Waals surface area contributed by atoms with Crippen molar-refractivity contribution in [2.45, 2.75) is 12.8 Å². The molecule has 0 aliphatic rings. The van der Waals surface area contributed by atoms with Crippen molar-refractivity contribution in [3.05, 3.63) is 34.6 Å². The van der Waals surface area contributed by atoms with Gasteiger partial charge in [0.05, 0.1) is 10.9 Å². The van der Waals surface area contributed by atoms with Crippen LogP contribution in [0.2, 0.25) is 5.02 Å². The molecule has 0 saturated heterocycles. The first-order chi connectivity index (χ1) is 6.56. The average Bonchev–Trinajstić information content (AvgIpc) is 2.11. The minimum absolute atomic E-state index is 0.0491. The van der Waals surface area contributed by atoms with Crippen LogP contribution in [-0.4, -0.2) is 12.3 Å². The number of benzene rings is 1. The van der Waals surface area contributed by atoms with Crippen LogP contribution in [0.3, 0.4) is 0 Å². The van der Waals surface area contributed by atoms with E-state index in [1.807, 2.05) is 0 Å². The van der Waals surface area contributed by atoms with E-state index >= 15 is 0 Å². The van der Waals surface area contributed by atoms with Crippen LogP contribution in [0.4, 0.5) is 4.39 Å². The lowest BCUT2D eigenvalue weighted by molar-refractivity contribution is -0.118. The van der Waals surface area contributed by atoms with Crippen LogP contribution in [0.5, 0.6) is 0 Å². The Kier molecular flexibility index (Phi) is 3.61. The molecule has 0 radical (unpaired) electrons. The van der Waals surface area contributed by atoms with Gasteiger partial charge in [0.1, 0.15) is 11.6 Å². The van der Waals surface area contributed by atoms with Crippen LogP contribution in [0, 0.1) is 5.82 Å². The fourth-order valence-electron chi connectivity index (χ4n) is 1.27. The summed E-state index contributed by atoms with van der Waals surface area (Å²) in [5.74, 6) is -1.04. The second-order valence-corrected chi connectivity index (χ2v) is 3.48. The molecule has 1 unspecified atom stereocenters. The highest BCUT2D eigenvalue weighted by Gasteiger charge is 2.15. The lowest BCUT2D eigenvalue weighted by Crippen LogP contribution is -2.19. The van der Waals surface area contributed by atoms with E-state index in [1.54, 1.807) is 6.07 Å². The molecule has 76 valence electrons. The highest BCUT2D eigenvalue weighted by molar-refractivity contribution is 6.30. The zero-order valence-electron chi connectivity index (χ0n) is 7.76. The number of carbonyl (C=O) groups is 1. The minimum Gasteiger partial charge on any atom is -0.329 e. The van der Waals surface area contributed by atoms with Gasteiger partial charge in [-0.25, -0.2) is 4.39 Å². The lowest BCUT2D eigenvalue weighted by atomic mass is 9.96. The Morgan fingerprint density at radius 2 is 2.29 bits per heavy atom. The predicted octanol–water partition coefficient (Wildman–Crippen LogP) is 2.11. The summed E-state index contributed by atoms with van der Waals surface area (Å²) >= 11 is 5.52. The van der Waals surface area contributed by atoms with Crippen molar-refractivity contribution in [1.82, 2.24) is 0 Å². The largest absolute Gasteiger partial charge is 0.329 e. The fraction of sp³-hybridized carbons (Fsp3) is 0.300. The molecule has 0 aromatic heterocycles. The van der Waals surface area contributed by atoms with Crippen molar-refractivity contribution in [2.75, 3.05) is 6.54 Å². The summed E-state index contributed by atoms with van der Waals surface area (Å²) in [5, 5.41) is 0.0491. The van der Waals surface area contributed by atoms with E-state index in [0.717, 1.165) is 0 Å². The number of Topliss-reactive ketones (excluding diaryl/α,β-unsaturated/α-hetero) is 1. The zero-order chi connectivity index (χ0) is 10.7. The van der Waals surface area contributed by atoms with Crippen LogP contribution in [0.15, 0.2) is 18.2 Å². The van der Waals surface area contributed by atoms with Crippen LogP contribution < -0.4 is 5.73 Å². The smallest absolute Gasteiger partial charge is 0.142 e. The molecule has 1 aromatic rings. The standard InChI is InChI=1S/C10H11ClFNO/c1-6(14)8(5-13)7-2-3-9(11)10(12)4-7/h2-4,8H,5,13H2,1H3. The van der Waals surface area contributed by atoms with Gasteiger partial charge in [0, 0.05) is 6.54 Å². The van der Waals surface area contributed by atoms with Gasteiger partial charge >= 0.3 is 0 Å². The molecule has 0 aliphatic carbocycles. The van der Waals surface area contributed by atoms with E-state index < -0.39 is 11.7 Å². The highest BCUT2D eigenvalue weighted by atomic mass is 35.5. The van der Waals surface area contributed by atoms with Gasteiger partial charge in [0.15, 0.2) is 0 Å². The molecule has 14 heavy (non-hydrogen) atoms. The first-order valence-electron chi connectivity index (χ1n) is 4.21. The molecule has 1 rings (SSSR count). The Balaban J connectivity index is 3.06. The van der Waals surface area contributed by atoms with Gasteiger partial charge in [-0.3, -0.25) is 4.79 Å². The van der Waals surface area contributed by atoms with Crippen molar-refractivity contribution in [3.8, 4) is 0 Å². The van der Waals surface area contributed by atoms with Crippen molar-refractivity contribution in [2.24, 2.45) is 5.73 Å². The van der Waals surface area contributed by atoms with Gasteiger partial charge in [0.25, 0.3) is 0 Å². The first-order valence-corrected chi connectivity index (χ1v) is 4.59. The van der Waals surface area contributed by atoms with Gasteiger partial charge in [0.2, 0.25) is 0 Å². The van der Waals surface area contributed by atoms with Crippen molar-refractivity contribution in [3.63, 3.8) is 0 Å². The molecule has 0 bridgehead atoms. The molecular weight excluding hydrogens is 205 g/mol. The van der Waals surface area contributed by atoms with Gasteiger partial charge in [-0.05, 0) is 24.6 Å².